The molecule has 0 fully saturated rings. The first kappa shape index (κ1) is 32.0. The minimum Gasteiger partial charge on any atom is -0.456 e. The predicted molar refractivity (Wildman–Crippen MR) is 234 cm³/mol. The molecule has 0 bridgehead atoms. The molecule has 7 aromatic carbocycles. The summed E-state index contributed by atoms with van der Waals surface area (Å²) in [6.07, 6.45) is 0. The van der Waals surface area contributed by atoms with Crippen LogP contribution in [-0.2, 0) is 5.41 Å². The molecular weight excluding hydrogens is 689 g/mol. The molecular formula is C51H36N2OS. The van der Waals surface area contributed by atoms with Crippen molar-refractivity contribution in [2.45, 2.75) is 26.2 Å². The van der Waals surface area contributed by atoms with E-state index in [-0.39, 0.29) is 5.41 Å². The summed E-state index contributed by atoms with van der Waals surface area (Å²) in [6.45, 7) is 6.76. The highest BCUT2D eigenvalue weighted by Gasteiger charge is 2.18. The lowest BCUT2D eigenvalue weighted by Crippen LogP contribution is -2.10. The molecule has 4 aromatic heterocycles. The lowest BCUT2D eigenvalue weighted by Gasteiger charge is -2.19. The zero-order valence-electron chi connectivity index (χ0n) is 30.8. The van der Waals surface area contributed by atoms with Crippen molar-refractivity contribution in [3.8, 4) is 39.3 Å². The fourth-order valence-electron chi connectivity index (χ4n) is 8.38. The summed E-state index contributed by atoms with van der Waals surface area (Å²) in [5.74, 6) is 0. The van der Waals surface area contributed by atoms with E-state index < -0.39 is 0 Å². The highest BCUT2D eigenvalue weighted by molar-refractivity contribution is 7.26. The predicted octanol–water partition coefficient (Wildman–Crippen LogP) is 14.7. The highest BCUT2D eigenvalue weighted by Crippen LogP contribution is 2.43. The van der Waals surface area contributed by atoms with E-state index in [4.69, 9.17) is 9.40 Å². The van der Waals surface area contributed by atoms with Gasteiger partial charge in [-0.3, -0.25) is 0 Å². The van der Waals surface area contributed by atoms with Crippen molar-refractivity contribution in [3.63, 3.8) is 0 Å². The number of furan rings is 1. The van der Waals surface area contributed by atoms with Gasteiger partial charge in [0.1, 0.15) is 11.2 Å². The average Bonchev–Trinajstić information content (AvgIpc) is 3.89. The van der Waals surface area contributed by atoms with Gasteiger partial charge in [-0.2, -0.15) is 0 Å². The fraction of sp³-hybridized carbons (Fsp3) is 0.0784. The molecule has 11 aromatic rings. The van der Waals surface area contributed by atoms with E-state index in [1.807, 2.05) is 11.3 Å². The molecule has 55 heavy (non-hydrogen) atoms. The summed E-state index contributed by atoms with van der Waals surface area (Å²) in [6, 6.07) is 59.2. The Hall–Kier alpha value is -6.49. The molecule has 0 aliphatic rings. The van der Waals surface area contributed by atoms with Crippen LogP contribution < -0.4 is 0 Å². The molecule has 11 rings (SSSR count). The number of rotatable bonds is 4. The van der Waals surface area contributed by atoms with Crippen LogP contribution in [0.2, 0.25) is 0 Å². The molecule has 0 spiro atoms. The molecule has 0 aliphatic heterocycles. The topological polar surface area (TPSA) is 31.0 Å². The molecule has 0 N–H and O–H groups in total. The molecule has 0 saturated carbocycles. The van der Waals surface area contributed by atoms with Gasteiger partial charge in [-0.15, -0.1) is 11.3 Å². The molecule has 0 aliphatic carbocycles. The number of hydrogen-bond acceptors (Lipinski definition) is 3. The number of benzene rings is 7. The zero-order chi connectivity index (χ0) is 36.8. The van der Waals surface area contributed by atoms with E-state index in [2.05, 4.69) is 189 Å². The van der Waals surface area contributed by atoms with E-state index >= 15 is 0 Å². The Morgan fingerprint density at radius 2 is 1.04 bits per heavy atom. The maximum absolute atomic E-state index is 6.41. The molecule has 0 radical (unpaired) electrons. The molecule has 4 heterocycles. The third-order valence-corrected chi connectivity index (χ3v) is 12.3. The largest absolute Gasteiger partial charge is 0.456 e. The summed E-state index contributed by atoms with van der Waals surface area (Å²) in [7, 11) is 0. The monoisotopic (exact) mass is 724 g/mol. The van der Waals surface area contributed by atoms with E-state index in [1.165, 1.54) is 52.9 Å². The van der Waals surface area contributed by atoms with Crippen molar-refractivity contribution >= 4 is 75.3 Å². The van der Waals surface area contributed by atoms with Crippen LogP contribution in [0.5, 0.6) is 0 Å². The summed E-state index contributed by atoms with van der Waals surface area (Å²) in [5, 5.41) is 7.39. The van der Waals surface area contributed by atoms with Gasteiger partial charge in [0.05, 0.1) is 28.1 Å². The summed E-state index contributed by atoms with van der Waals surface area (Å²) < 4.78 is 11.4. The van der Waals surface area contributed by atoms with Crippen molar-refractivity contribution in [2.24, 2.45) is 0 Å². The minimum absolute atomic E-state index is 0.0729. The second-order valence-corrected chi connectivity index (χ2v) is 16.7. The Morgan fingerprint density at radius 3 is 1.71 bits per heavy atom. The van der Waals surface area contributed by atoms with Gasteiger partial charge in [0.25, 0.3) is 0 Å². The van der Waals surface area contributed by atoms with Gasteiger partial charge >= 0.3 is 0 Å². The number of nitrogens with zero attached hydrogens (tertiary/aromatic N) is 2. The first-order valence-electron chi connectivity index (χ1n) is 18.9. The second-order valence-electron chi connectivity index (χ2n) is 15.6. The molecule has 0 unspecified atom stereocenters. The first-order valence-corrected chi connectivity index (χ1v) is 19.7. The number of para-hydroxylation sites is 2. The third kappa shape index (κ3) is 5.13. The van der Waals surface area contributed by atoms with Crippen molar-refractivity contribution in [1.82, 2.24) is 9.55 Å². The molecule has 262 valence electrons. The Kier molecular flexibility index (Phi) is 6.98. The van der Waals surface area contributed by atoms with Crippen molar-refractivity contribution in [3.05, 3.63) is 169 Å². The maximum atomic E-state index is 6.41. The van der Waals surface area contributed by atoms with E-state index in [0.717, 1.165) is 55.9 Å². The van der Waals surface area contributed by atoms with Crippen LogP contribution in [0.3, 0.4) is 0 Å². The SMILES string of the molecule is CC(C)(C)c1ccc(-c2cc(-n3c4ccccc4c4ccccc43)cc(-c3ccc(-c4ccc5oc6ccc7sc8ccccc8c7c6c5c4)cc3)n2)cc1. The highest BCUT2D eigenvalue weighted by atomic mass is 32.1. The summed E-state index contributed by atoms with van der Waals surface area (Å²) in [5.41, 5.74) is 13.0. The van der Waals surface area contributed by atoms with Crippen molar-refractivity contribution in [1.29, 1.82) is 0 Å². The van der Waals surface area contributed by atoms with Crippen molar-refractivity contribution < 1.29 is 4.42 Å². The van der Waals surface area contributed by atoms with Crippen LogP contribution in [0.1, 0.15) is 26.3 Å². The molecule has 0 atom stereocenters. The van der Waals surface area contributed by atoms with Crippen molar-refractivity contribution in [2.75, 3.05) is 0 Å². The summed E-state index contributed by atoms with van der Waals surface area (Å²) in [4.78, 5) is 5.33. The zero-order valence-corrected chi connectivity index (χ0v) is 31.6. The van der Waals surface area contributed by atoms with Gasteiger partial charge in [-0.25, -0.2) is 4.98 Å². The Morgan fingerprint density at radius 1 is 0.473 bits per heavy atom. The Bertz CT molecular complexity index is 3230. The van der Waals surface area contributed by atoms with Gasteiger partial charge < -0.3 is 8.98 Å². The van der Waals surface area contributed by atoms with Crippen LogP contribution in [-0.4, -0.2) is 9.55 Å². The van der Waals surface area contributed by atoms with Gasteiger partial charge in [0, 0.05) is 52.8 Å². The third-order valence-electron chi connectivity index (χ3n) is 11.2. The van der Waals surface area contributed by atoms with Crippen LogP contribution in [0.4, 0.5) is 0 Å². The van der Waals surface area contributed by atoms with Crippen LogP contribution in [0.25, 0.3) is 103 Å². The van der Waals surface area contributed by atoms with Crippen LogP contribution >= 0.6 is 11.3 Å². The number of thiophene rings is 1. The Balaban J connectivity index is 1.05. The number of hydrogen-bond donors (Lipinski definition) is 0. The Labute approximate surface area is 322 Å². The lowest BCUT2D eigenvalue weighted by atomic mass is 9.86. The summed E-state index contributed by atoms with van der Waals surface area (Å²) >= 11 is 1.84. The van der Waals surface area contributed by atoms with Gasteiger partial charge in [0.15, 0.2) is 0 Å². The quantitative estimate of drug-likeness (QED) is 0.181. The normalized spacial score (nSPS) is 12.3. The van der Waals surface area contributed by atoms with Crippen LogP contribution in [0, 0.1) is 0 Å². The molecule has 0 amide bonds. The molecule has 3 nitrogen and oxygen atoms in total. The van der Waals surface area contributed by atoms with E-state index in [1.54, 1.807) is 0 Å². The number of aromatic nitrogens is 2. The smallest absolute Gasteiger partial charge is 0.136 e. The van der Waals surface area contributed by atoms with E-state index in [9.17, 15) is 0 Å². The maximum Gasteiger partial charge on any atom is 0.136 e. The van der Waals surface area contributed by atoms with Gasteiger partial charge in [-0.1, -0.05) is 130 Å². The number of fused-ring (bicyclic) bond motifs is 10. The standard InChI is InChI=1S/C51H36N2OS/c1-51(2,3)35-23-20-33(21-24-35)42-30-36(53-43-13-7-4-10-37(43)38-11-5-8-14-44(38)53)29-41(52-42)32-18-16-31(17-19-32)34-22-25-45-40(28-34)49-46(54-45)26-27-48-50(49)39-12-6-9-15-47(39)55-48/h4-30H,1-3H3. The lowest BCUT2D eigenvalue weighted by molar-refractivity contribution is 0.590. The number of pyridine rings is 1. The minimum atomic E-state index is 0.0729. The first-order chi connectivity index (χ1) is 26.9. The second kappa shape index (κ2) is 12.0. The molecule has 4 heteroatoms. The van der Waals surface area contributed by atoms with Crippen LogP contribution in [0.15, 0.2) is 168 Å². The van der Waals surface area contributed by atoms with E-state index in [0.29, 0.717) is 0 Å². The van der Waals surface area contributed by atoms with Gasteiger partial charge in [-0.05, 0) is 76.7 Å². The fourth-order valence-corrected chi connectivity index (χ4v) is 9.49. The average molecular weight is 725 g/mol. The van der Waals surface area contributed by atoms with Gasteiger partial charge in [0.2, 0.25) is 0 Å². The molecule has 0 saturated heterocycles.